The minimum absolute atomic E-state index is 0.184. The highest BCUT2D eigenvalue weighted by Crippen LogP contribution is 2.35. The normalized spacial score (nSPS) is 25.1. The van der Waals surface area contributed by atoms with Gasteiger partial charge in [-0.2, -0.15) is 11.8 Å². The molecular formula is C31H58N2O6S. The Hall–Kier alpha value is -1.19. The number of thioether (sulfide) groups is 1. The lowest BCUT2D eigenvalue weighted by Gasteiger charge is -2.35. The van der Waals surface area contributed by atoms with Crippen LogP contribution in [0.3, 0.4) is 0 Å². The van der Waals surface area contributed by atoms with Crippen molar-refractivity contribution in [1.29, 1.82) is 0 Å². The summed E-state index contributed by atoms with van der Waals surface area (Å²) in [5.74, 6) is 2.53. The van der Waals surface area contributed by atoms with Crippen LogP contribution in [0.2, 0.25) is 0 Å². The van der Waals surface area contributed by atoms with Crippen molar-refractivity contribution in [2.75, 3.05) is 45.5 Å². The van der Waals surface area contributed by atoms with E-state index in [1.54, 1.807) is 7.11 Å². The zero-order valence-corrected chi connectivity index (χ0v) is 27.0. The number of alkyl carbamates (subject to hydrolysis) is 2. The fourth-order valence-electron chi connectivity index (χ4n) is 5.83. The highest BCUT2D eigenvalue weighted by Gasteiger charge is 2.32. The van der Waals surface area contributed by atoms with Gasteiger partial charge in [-0.05, 0) is 115 Å². The molecule has 2 aliphatic carbocycles. The molecule has 2 saturated carbocycles. The van der Waals surface area contributed by atoms with Gasteiger partial charge in [-0.1, -0.05) is 13.8 Å². The SMILES string of the molecule is CCC(COC)(COCCCSC)COC(=O)NC1CCC(CC2CCC(NC(=O)OC(C)(C)CC)CC2)CC1. The van der Waals surface area contributed by atoms with Gasteiger partial charge in [0, 0.05) is 25.8 Å². The maximum atomic E-state index is 12.6. The summed E-state index contributed by atoms with van der Waals surface area (Å²) >= 11 is 1.82. The van der Waals surface area contributed by atoms with Gasteiger partial charge in [-0.3, -0.25) is 0 Å². The highest BCUT2D eigenvalue weighted by molar-refractivity contribution is 7.98. The third kappa shape index (κ3) is 13.2. The van der Waals surface area contributed by atoms with Crippen LogP contribution in [-0.4, -0.2) is 75.4 Å². The monoisotopic (exact) mass is 586 g/mol. The molecule has 0 heterocycles. The van der Waals surface area contributed by atoms with Gasteiger partial charge < -0.3 is 29.6 Å². The number of nitrogens with one attached hydrogen (secondary N) is 2. The number of carbonyl (C=O) groups is 2. The number of rotatable bonds is 17. The van der Waals surface area contributed by atoms with E-state index in [-0.39, 0.29) is 29.7 Å². The quantitative estimate of drug-likeness (QED) is 0.178. The average molecular weight is 587 g/mol. The smallest absolute Gasteiger partial charge is 0.407 e. The number of hydrogen-bond acceptors (Lipinski definition) is 7. The zero-order valence-electron chi connectivity index (χ0n) is 26.2. The van der Waals surface area contributed by atoms with E-state index in [1.165, 1.54) is 6.42 Å². The molecule has 2 rings (SSSR count). The predicted molar refractivity (Wildman–Crippen MR) is 163 cm³/mol. The summed E-state index contributed by atoms with van der Waals surface area (Å²) in [6.07, 6.45) is 14.1. The second-order valence-electron chi connectivity index (χ2n) is 12.7. The Balaban J connectivity index is 1.64. The molecule has 40 heavy (non-hydrogen) atoms. The van der Waals surface area contributed by atoms with E-state index in [0.717, 1.165) is 88.2 Å². The molecule has 2 N–H and O–H groups in total. The molecule has 2 amide bonds. The van der Waals surface area contributed by atoms with E-state index in [4.69, 9.17) is 18.9 Å². The summed E-state index contributed by atoms with van der Waals surface area (Å²) in [6, 6.07) is 0.410. The maximum absolute atomic E-state index is 12.6. The van der Waals surface area contributed by atoms with Crippen LogP contribution in [0.4, 0.5) is 9.59 Å². The summed E-state index contributed by atoms with van der Waals surface area (Å²) in [6.45, 7) is 10.1. The molecule has 2 aliphatic rings. The summed E-state index contributed by atoms with van der Waals surface area (Å²) in [7, 11) is 1.68. The minimum Gasteiger partial charge on any atom is -0.449 e. The molecule has 9 heteroatoms. The van der Waals surface area contributed by atoms with E-state index in [1.807, 2.05) is 32.5 Å². The Kier molecular flexibility index (Phi) is 16.1. The minimum atomic E-state index is -0.419. The number of methoxy groups -OCH3 is 1. The predicted octanol–water partition coefficient (Wildman–Crippen LogP) is 6.95. The molecule has 0 aromatic heterocycles. The van der Waals surface area contributed by atoms with E-state index >= 15 is 0 Å². The van der Waals surface area contributed by atoms with Gasteiger partial charge in [0.1, 0.15) is 12.2 Å². The standard InChI is InChI=1S/C31H58N2O6S/c1-7-30(3,4)39-29(35)33-27-16-12-25(13-17-27)20-24-10-14-26(15-11-24)32-28(34)38-23-31(8-2,21-36-5)22-37-18-9-19-40-6/h24-27H,7-23H2,1-6H3,(H,32,34)(H,33,35). The lowest BCUT2D eigenvalue weighted by atomic mass is 9.76. The van der Waals surface area contributed by atoms with Crippen LogP contribution in [0.25, 0.3) is 0 Å². The highest BCUT2D eigenvalue weighted by atomic mass is 32.2. The Morgan fingerprint density at radius 1 is 0.825 bits per heavy atom. The number of ether oxygens (including phenoxy) is 4. The van der Waals surface area contributed by atoms with Crippen molar-refractivity contribution < 1.29 is 28.5 Å². The second-order valence-corrected chi connectivity index (χ2v) is 13.7. The van der Waals surface area contributed by atoms with Crippen molar-refractivity contribution in [1.82, 2.24) is 10.6 Å². The lowest BCUT2D eigenvalue weighted by molar-refractivity contribution is -0.0454. The van der Waals surface area contributed by atoms with Crippen LogP contribution >= 0.6 is 11.8 Å². The van der Waals surface area contributed by atoms with Crippen molar-refractivity contribution in [3.63, 3.8) is 0 Å². The van der Waals surface area contributed by atoms with Gasteiger partial charge in [0.15, 0.2) is 0 Å². The molecule has 0 bridgehead atoms. The van der Waals surface area contributed by atoms with Crippen molar-refractivity contribution in [3.8, 4) is 0 Å². The molecule has 0 aromatic rings. The Labute approximate surface area is 248 Å². The summed E-state index contributed by atoms with van der Waals surface area (Å²) in [5.41, 5.74) is -0.734. The second kappa shape index (κ2) is 18.4. The zero-order chi connectivity index (χ0) is 29.4. The molecule has 0 spiro atoms. The lowest BCUT2D eigenvalue weighted by Crippen LogP contribution is -2.42. The fourth-order valence-corrected chi connectivity index (χ4v) is 6.24. The topological polar surface area (TPSA) is 95.1 Å². The molecule has 1 atom stereocenters. The first-order valence-electron chi connectivity index (χ1n) is 15.6. The Morgan fingerprint density at radius 2 is 1.40 bits per heavy atom. The fraction of sp³-hybridized carbons (Fsp3) is 0.935. The van der Waals surface area contributed by atoms with Crippen LogP contribution in [0.5, 0.6) is 0 Å². The first kappa shape index (κ1) is 35.0. The summed E-state index contributed by atoms with van der Waals surface area (Å²) in [4.78, 5) is 24.9. The van der Waals surface area contributed by atoms with Crippen molar-refractivity contribution >= 4 is 23.9 Å². The molecular weight excluding hydrogens is 528 g/mol. The Morgan fingerprint density at radius 3 is 1.90 bits per heavy atom. The van der Waals surface area contributed by atoms with Gasteiger partial charge >= 0.3 is 12.2 Å². The van der Waals surface area contributed by atoms with Crippen LogP contribution in [-0.2, 0) is 18.9 Å². The molecule has 8 nitrogen and oxygen atoms in total. The van der Waals surface area contributed by atoms with E-state index in [0.29, 0.717) is 26.4 Å². The summed E-state index contributed by atoms with van der Waals surface area (Å²) < 4.78 is 22.6. The molecule has 0 radical (unpaired) electrons. The number of amides is 2. The van der Waals surface area contributed by atoms with Gasteiger partial charge in [-0.25, -0.2) is 9.59 Å². The van der Waals surface area contributed by atoms with Gasteiger partial charge in [0.05, 0.1) is 18.6 Å². The average Bonchev–Trinajstić information content (AvgIpc) is 2.93. The largest absolute Gasteiger partial charge is 0.449 e. The first-order valence-corrected chi connectivity index (χ1v) is 17.0. The van der Waals surface area contributed by atoms with Crippen LogP contribution in [0, 0.1) is 17.3 Å². The van der Waals surface area contributed by atoms with Crippen LogP contribution in [0.15, 0.2) is 0 Å². The third-order valence-corrected chi connectivity index (χ3v) is 9.68. The van der Waals surface area contributed by atoms with E-state index in [9.17, 15) is 9.59 Å². The van der Waals surface area contributed by atoms with Crippen LogP contribution < -0.4 is 10.6 Å². The van der Waals surface area contributed by atoms with E-state index in [2.05, 4.69) is 23.8 Å². The van der Waals surface area contributed by atoms with Gasteiger partial charge in [0.2, 0.25) is 0 Å². The summed E-state index contributed by atoms with van der Waals surface area (Å²) in [5, 5.41) is 6.19. The van der Waals surface area contributed by atoms with Crippen LogP contribution in [0.1, 0.15) is 105 Å². The maximum Gasteiger partial charge on any atom is 0.407 e. The van der Waals surface area contributed by atoms with Crippen molar-refractivity contribution in [2.24, 2.45) is 17.3 Å². The van der Waals surface area contributed by atoms with Crippen molar-refractivity contribution in [3.05, 3.63) is 0 Å². The number of carbonyl (C=O) groups excluding carboxylic acids is 2. The molecule has 2 fully saturated rings. The van der Waals surface area contributed by atoms with Gasteiger partial charge in [-0.15, -0.1) is 0 Å². The van der Waals surface area contributed by atoms with E-state index < -0.39 is 5.60 Å². The molecule has 0 saturated heterocycles. The first-order chi connectivity index (χ1) is 19.1. The van der Waals surface area contributed by atoms with Gasteiger partial charge in [0.25, 0.3) is 0 Å². The molecule has 234 valence electrons. The molecule has 0 aromatic carbocycles. The molecule has 1 unspecified atom stereocenters. The van der Waals surface area contributed by atoms with Crippen molar-refractivity contribution in [2.45, 2.75) is 122 Å². The number of hydrogen-bond donors (Lipinski definition) is 2. The molecule has 0 aliphatic heterocycles. The Bertz CT molecular complexity index is 723. The third-order valence-electron chi connectivity index (χ3n) is 8.98.